The molecular weight excluding hydrogens is 465 g/mol. The van der Waals surface area contributed by atoms with E-state index in [1.807, 2.05) is 4.90 Å². The van der Waals surface area contributed by atoms with Gasteiger partial charge in [0.05, 0.1) is 6.54 Å². The Bertz CT molecular complexity index is 795. The van der Waals surface area contributed by atoms with Crippen LogP contribution in [0.3, 0.4) is 0 Å². The summed E-state index contributed by atoms with van der Waals surface area (Å²) in [4.78, 5) is 22.0. The highest BCUT2D eigenvalue weighted by atomic mass is 127. The molecule has 0 saturated carbocycles. The van der Waals surface area contributed by atoms with Gasteiger partial charge in [0, 0.05) is 49.7 Å². The van der Waals surface area contributed by atoms with Gasteiger partial charge in [-0.2, -0.15) is 0 Å². The Balaban J connectivity index is 0.00000280. The van der Waals surface area contributed by atoms with Crippen LogP contribution in [0.15, 0.2) is 29.4 Å². The summed E-state index contributed by atoms with van der Waals surface area (Å²) in [5.41, 5.74) is 3.75. The molecule has 3 N–H and O–H groups in total. The molecule has 1 amide bonds. The Hall–Kier alpha value is -1.77. The first-order valence-corrected chi connectivity index (χ1v) is 10.0. The quantitative estimate of drug-likeness (QED) is 0.313. The van der Waals surface area contributed by atoms with Crippen LogP contribution in [0.4, 0.5) is 0 Å². The molecule has 1 aliphatic heterocycles. The van der Waals surface area contributed by atoms with E-state index in [0.29, 0.717) is 13.0 Å². The molecule has 154 valence electrons. The summed E-state index contributed by atoms with van der Waals surface area (Å²) < 4.78 is 0. The largest absolute Gasteiger partial charge is 0.361 e. The molecule has 0 bridgehead atoms. The normalized spacial score (nSPS) is 14.2. The van der Waals surface area contributed by atoms with E-state index in [2.05, 4.69) is 58.9 Å². The lowest BCUT2D eigenvalue weighted by Crippen LogP contribution is -2.38. The van der Waals surface area contributed by atoms with Crippen molar-refractivity contribution in [2.24, 2.45) is 4.99 Å². The van der Waals surface area contributed by atoms with Crippen LogP contribution < -0.4 is 10.6 Å². The Morgan fingerprint density at radius 3 is 2.79 bits per heavy atom. The highest BCUT2D eigenvalue weighted by Crippen LogP contribution is 2.19. The molecule has 1 aliphatic rings. The van der Waals surface area contributed by atoms with Gasteiger partial charge in [0.1, 0.15) is 0 Å². The zero-order valence-corrected chi connectivity index (χ0v) is 19.2. The number of nitrogens with one attached hydrogen (secondary N) is 3. The fourth-order valence-corrected chi connectivity index (χ4v) is 3.55. The molecule has 6 nitrogen and oxygen atoms in total. The van der Waals surface area contributed by atoms with Crippen LogP contribution in [-0.4, -0.2) is 54.5 Å². The number of carbonyl (C=O) groups is 1. The second kappa shape index (κ2) is 11.3. The number of guanidine groups is 1. The van der Waals surface area contributed by atoms with E-state index >= 15 is 0 Å². The Morgan fingerprint density at radius 2 is 2.04 bits per heavy atom. The number of amides is 1. The summed E-state index contributed by atoms with van der Waals surface area (Å²) in [5, 5.41) is 7.91. The van der Waals surface area contributed by atoms with Gasteiger partial charge in [-0.15, -0.1) is 24.0 Å². The lowest BCUT2D eigenvalue weighted by Gasteiger charge is -2.15. The van der Waals surface area contributed by atoms with Crippen molar-refractivity contribution in [3.8, 4) is 0 Å². The fraction of sp³-hybridized carbons (Fsp3) is 0.524. The number of rotatable bonds is 7. The van der Waals surface area contributed by atoms with Crippen molar-refractivity contribution in [3.63, 3.8) is 0 Å². The number of nitrogens with zero attached hydrogens (tertiary/aromatic N) is 2. The first-order chi connectivity index (χ1) is 13.2. The van der Waals surface area contributed by atoms with E-state index in [-0.39, 0.29) is 29.9 Å². The number of H-pyrrole nitrogens is 1. The van der Waals surface area contributed by atoms with Crippen molar-refractivity contribution < 1.29 is 4.79 Å². The van der Waals surface area contributed by atoms with Crippen LogP contribution >= 0.6 is 24.0 Å². The number of likely N-dealkylation sites (tertiary alicyclic amines) is 1. The molecule has 0 aliphatic carbocycles. The van der Waals surface area contributed by atoms with Crippen molar-refractivity contribution in [1.29, 1.82) is 0 Å². The van der Waals surface area contributed by atoms with Gasteiger partial charge >= 0.3 is 0 Å². The van der Waals surface area contributed by atoms with Crippen molar-refractivity contribution in [1.82, 2.24) is 20.5 Å². The van der Waals surface area contributed by atoms with Crippen LogP contribution in [0.5, 0.6) is 0 Å². The average Bonchev–Trinajstić information content (AvgIpc) is 3.31. The number of aromatic amines is 1. The van der Waals surface area contributed by atoms with Gasteiger partial charge in [0.2, 0.25) is 5.91 Å². The predicted octanol–water partition coefficient (Wildman–Crippen LogP) is 3.20. The summed E-state index contributed by atoms with van der Waals surface area (Å²) in [5.74, 6) is 1.00. The molecule has 0 radical (unpaired) electrons. The minimum atomic E-state index is 0. The predicted molar refractivity (Wildman–Crippen MR) is 127 cm³/mol. The Labute approximate surface area is 184 Å². The maximum absolute atomic E-state index is 12.1. The molecule has 3 rings (SSSR count). The van der Waals surface area contributed by atoms with E-state index in [9.17, 15) is 4.79 Å². The second-order valence-corrected chi connectivity index (χ2v) is 7.14. The zero-order chi connectivity index (χ0) is 19.1. The Kier molecular flexibility index (Phi) is 9.08. The molecule has 7 heteroatoms. The topological polar surface area (TPSA) is 72.5 Å². The SMILES string of the molecule is CCNC(=NCCC(=O)N1CCCC1)NCCc1c[nH]c2cc(C)ccc12.I. The van der Waals surface area contributed by atoms with E-state index in [0.717, 1.165) is 51.4 Å². The van der Waals surface area contributed by atoms with Crippen LogP contribution in [-0.2, 0) is 11.2 Å². The molecule has 1 saturated heterocycles. The summed E-state index contributed by atoms with van der Waals surface area (Å²) in [6.07, 6.45) is 5.75. The molecule has 2 aromatic rings. The number of hydrogen-bond donors (Lipinski definition) is 3. The average molecular weight is 497 g/mol. The lowest BCUT2D eigenvalue weighted by atomic mass is 10.1. The summed E-state index contributed by atoms with van der Waals surface area (Å²) >= 11 is 0. The number of aromatic nitrogens is 1. The highest BCUT2D eigenvalue weighted by Gasteiger charge is 2.17. The zero-order valence-electron chi connectivity index (χ0n) is 16.9. The van der Waals surface area contributed by atoms with Gasteiger partial charge < -0.3 is 20.5 Å². The van der Waals surface area contributed by atoms with Gasteiger partial charge in [-0.3, -0.25) is 9.79 Å². The summed E-state index contributed by atoms with van der Waals surface area (Å²) in [6.45, 7) is 8.10. The van der Waals surface area contributed by atoms with Gasteiger partial charge in [-0.25, -0.2) is 0 Å². The molecule has 28 heavy (non-hydrogen) atoms. The molecular formula is C21H32IN5O. The van der Waals surface area contributed by atoms with Crippen molar-refractivity contribution >= 4 is 46.7 Å². The third kappa shape index (κ3) is 6.12. The van der Waals surface area contributed by atoms with Gasteiger partial charge in [0.25, 0.3) is 0 Å². The molecule has 1 aromatic carbocycles. The molecule has 2 heterocycles. The van der Waals surface area contributed by atoms with Crippen LogP contribution in [0, 0.1) is 6.92 Å². The van der Waals surface area contributed by atoms with Crippen LogP contribution in [0.1, 0.15) is 37.3 Å². The monoisotopic (exact) mass is 497 g/mol. The summed E-state index contributed by atoms with van der Waals surface area (Å²) in [7, 11) is 0. The van der Waals surface area contributed by atoms with Crippen molar-refractivity contribution in [2.75, 3.05) is 32.7 Å². The first-order valence-electron chi connectivity index (χ1n) is 10.0. The lowest BCUT2D eigenvalue weighted by molar-refractivity contribution is -0.129. The third-order valence-electron chi connectivity index (χ3n) is 5.01. The minimum Gasteiger partial charge on any atom is -0.361 e. The maximum Gasteiger partial charge on any atom is 0.224 e. The molecule has 1 aromatic heterocycles. The molecule has 0 atom stereocenters. The maximum atomic E-state index is 12.1. The number of carbonyl (C=O) groups excluding carboxylic acids is 1. The smallest absolute Gasteiger partial charge is 0.224 e. The summed E-state index contributed by atoms with van der Waals surface area (Å²) in [6, 6.07) is 6.50. The fourth-order valence-electron chi connectivity index (χ4n) is 3.55. The van der Waals surface area contributed by atoms with Crippen LogP contribution in [0.2, 0.25) is 0 Å². The van der Waals surface area contributed by atoms with Gasteiger partial charge in [-0.1, -0.05) is 12.1 Å². The van der Waals surface area contributed by atoms with E-state index < -0.39 is 0 Å². The number of fused-ring (bicyclic) bond motifs is 1. The second-order valence-electron chi connectivity index (χ2n) is 7.14. The Morgan fingerprint density at radius 1 is 1.25 bits per heavy atom. The van der Waals surface area contributed by atoms with Crippen molar-refractivity contribution in [3.05, 3.63) is 35.5 Å². The minimum absolute atomic E-state index is 0. The number of aliphatic imine (C=N–C) groups is 1. The van der Waals surface area contributed by atoms with E-state index in [4.69, 9.17) is 0 Å². The number of benzene rings is 1. The number of hydrogen-bond acceptors (Lipinski definition) is 2. The first kappa shape index (κ1) is 22.5. The molecule has 0 spiro atoms. The number of aryl methyl sites for hydroxylation is 1. The van der Waals surface area contributed by atoms with Crippen LogP contribution in [0.25, 0.3) is 10.9 Å². The molecule has 0 unspecified atom stereocenters. The third-order valence-corrected chi connectivity index (χ3v) is 5.01. The standard InChI is InChI=1S/C21H31N5O.HI/c1-3-22-21(24-11-9-20(27)26-12-4-5-13-26)23-10-8-17-15-25-19-14-16(2)6-7-18(17)19;/h6-7,14-15,25H,3-5,8-13H2,1-2H3,(H2,22,23,24);1H. The van der Waals surface area contributed by atoms with Gasteiger partial charge in [0.15, 0.2) is 5.96 Å². The van der Waals surface area contributed by atoms with E-state index in [1.54, 1.807) is 0 Å². The highest BCUT2D eigenvalue weighted by molar-refractivity contribution is 14.0. The number of halogens is 1. The molecule has 1 fully saturated rings. The van der Waals surface area contributed by atoms with Gasteiger partial charge in [-0.05, 0) is 50.3 Å². The van der Waals surface area contributed by atoms with E-state index in [1.165, 1.54) is 22.0 Å². The van der Waals surface area contributed by atoms with Crippen molar-refractivity contribution in [2.45, 2.75) is 39.5 Å².